The zero-order valence-electron chi connectivity index (χ0n) is 16.9. The van der Waals surface area contributed by atoms with Crippen LogP contribution in [-0.2, 0) is 9.47 Å². The van der Waals surface area contributed by atoms with Gasteiger partial charge in [0.05, 0.1) is 36.6 Å². The maximum atomic E-state index is 9.47. The molecule has 4 rings (SSSR count). The molecule has 30 heavy (non-hydrogen) atoms. The highest BCUT2D eigenvalue weighted by molar-refractivity contribution is 7.46. The maximum Gasteiger partial charge on any atom is 0.201 e. The van der Waals surface area contributed by atoms with Crippen molar-refractivity contribution >= 4 is 36.7 Å². The van der Waals surface area contributed by atoms with Gasteiger partial charge in [-0.2, -0.15) is 5.10 Å². The summed E-state index contributed by atoms with van der Waals surface area (Å²) in [7, 11) is -2.43. The van der Waals surface area contributed by atoms with Gasteiger partial charge in [-0.3, -0.25) is 0 Å². The van der Waals surface area contributed by atoms with Crippen LogP contribution in [0.1, 0.15) is 51.7 Å². The fraction of sp³-hybridized carbons (Fsp3) is 0.684. The molecule has 3 heterocycles. The van der Waals surface area contributed by atoms with Gasteiger partial charge in [-0.05, 0) is 38.7 Å². The minimum atomic E-state index is -2.43. The normalized spacial score (nSPS) is 24.7. The highest BCUT2D eigenvalue weighted by Gasteiger charge is 2.36. The number of hydrogen-bond acceptors (Lipinski definition) is 8. The van der Waals surface area contributed by atoms with Gasteiger partial charge in [0.2, 0.25) is 8.38 Å². The largest absolute Gasteiger partial charge is 0.393 e. The second-order valence-electron chi connectivity index (χ2n) is 8.17. The molecule has 2 aromatic rings. The number of anilines is 1. The topological polar surface area (TPSA) is 122 Å². The summed E-state index contributed by atoms with van der Waals surface area (Å²) < 4.78 is 13.4. The number of aliphatic hydroxyl groups is 1. The van der Waals surface area contributed by atoms with Crippen LogP contribution in [0.2, 0.25) is 5.15 Å². The Hall–Kier alpha value is -1.06. The van der Waals surface area contributed by atoms with Gasteiger partial charge in [0.15, 0.2) is 17.2 Å². The molecule has 11 heteroatoms. The first-order chi connectivity index (χ1) is 14.4. The number of halogens is 1. The Morgan fingerprint density at radius 1 is 1.33 bits per heavy atom. The number of pyridine rings is 1. The molecule has 3 unspecified atom stereocenters. The number of ether oxygens (including phenoxy) is 2. The number of aliphatic hydroxyl groups excluding tert-OH is 1. The fourth-order valence-electron chi connectivity index (χ4n) is 4.04. The first-order valence-electron chi connectivity index (χ1n) is 10.3. The quantitative estimate of drug-likeness (QED) is 0.351. The van der Waals surface area contributed by atoms with Crippen LogP contribution in [0.5, 0.6) is 0 Å². The minimum Gasteiger partial charge on any atom is -0.393 e. The molecule has 0 radical (unpaired) electrons. The van der Waals surface area contributed by atoms with Crippen LogP contribution in [0, 0.1) is 0 Å². The van der Waals surface area contributed by atoms with Crippen molar-refractivity contribution in [2.24, 2.45) is 0 Å². The fourth-order valence-corrected chi connectivity index (χ4v) is 4.54. The van der Waals surface area contributed by atoms with Crippen LogP contribution in [0.3, 0.4) is 0 Å². The van der Waals surface area contributed by atoms with Crippen molar-refractivity contribution in [2.75, 3.05) is 18.5 Å². The van der Waals surface area contributed by atoms with E-state index in [1.165, 1.54) is 19.8 Å². The summed E-state index contributed by atoms with van der Waals surface area (Å²) in [6, 6.07) is 2.29. The molecule has 166 valence electrons. The van der Waals surface area contributed by atoms with Crippen molar-refractivity contribution in [1.29, 1.82) is 0 Å². The first kappa shape index (κ1) is 22.1. The molecule has 0 spiro atoms. The second kappa shape index (κ2) is 9.20. The summed E-state index contributed by atoms with van der Waals surface area (Å²) in [6.07, 6.45) is 7.44. The van der Waals surface area contributed by atoms with E-state index in [1.54, 1.807) is 10.9 Å². The summed E-state index contributed by atoms with van der Waals surface area (Å²) in [5.41, 5.74) is 1.61. The van der Waals surface area contributed by atoms with Gasteiger partial charge in [-0.1, -0.05) is 24.4 Å². The van der Waals surface area contributed by atoms with Crippen molar-refractivity contribution in [3.8, 4) is 0 Å². The molecule has 0 amide bonds. The average Bonchev–Trinajstić information content (AvgIpc) is 3.46. The Bertz CT molecular complexity index is 878. The molecule has 0 bridgehead atoms. The lowest BCUT2D eigenvalue weighted by molar-refractivity contribution is -0.0850. The van der Waals surface area contributed by atoms with Crippen molar-refractivity contribution in [3.63, 3.8) is 0 Å². The average molecular weight is 459 g/mol. The lowest BCUT2D eigenvalue weighted by atomic mass is 10.2. The summed E-state index contributed by atoms with van der Waals surface area (Å²) in [5.74, 6) is 0. The summed E-state index contributed by atoms with van der Waals surface area (Å²) in [6.45, 7) is 1.14. The van der Waals surface area contributed by atoms with Crippen LogP contribution in [-0.4, -0.2) is 60.4 Å². The lowest BCUT2D eigenvalue weighted by Gasteiger charge is -2.29. The summed E-state index contributed by atoms with van der Waals surface area (Å²) in [4.78, 5) is 23.4. The Kier molecular flexibility index (Phi) is 6.79. The lowest BCUT2D eigenvalue weighted by Crippen LogP contribution is -2.34. The highest BCUT2D eigenvalue weighted by atomic mass is 35.5. The van der Waals surface area contributed by atoms with Gasteiger partial charge in [0.25, 0.3) is 0 Å². The molecule has 2 aromatic heterocycles. The molecule has 9 nitrogen and oxygen atoms in total. The summed E-state index contributed by atoms with van der Waals surface area (Å²) in [5, 5.41) is 17.4. The Balaban J connectivity index is 1.47. The molecule has 0 aromatic carbocycles. The molecule has 1 saturated carbocycles. The Labute approximate surface area is 181 Å². The predicted molar refractivity (Wildman–Crippen MR) is 114 cm³/mol. The van der Waals surface area contributed by atoms with Gasteiger partial charge >= 0.3 is 0 Å². The molecule has 2 aliphatic rings. The molecule has 1 saturated heterocycles. The number of rotatable bonds is 8. The Morgan fingerprint density at radius 3 is 2.80 bits per heavy atom. The number of aromatic nitrogens is 3. The van der Waals surface area contributed by atoms with E-state index in [0.717, 1.165) is 30.3 Å². The number of nitrogens with one attached hydrogen (secondary N) is 1. The van der Waals surface area contributed by atoms with E-state index in [2.05, 4.69) is 15.4 Å². The summed E-state index contributed by atoms with van der Waals surface area (Å²) >= 11 is 6.30. The van der Waals surface area contributed by atoms with Crippen LogP contribution in [0.25, 0.3) is 11.0 Å². The number of hydrogen-bond donors (Lipinski definition) is 4. The predicted octanol–water partition coefficient (Wildman–Crippen LogP) is 3.14. The third kappa shape index (κ3) is 4.58. The number of fused-ring (bicyclic) bond motifs is 1. The van der Waals surface area contributed by atoms with Gasteiger partial charge in [-0.25, -0.2) is 9.67 Å². The van der Waals surface area contributed by atoms with E-state index in [0.29, 0.717) is 23.3 Å². The Morgan fingerprint density at radius 2 is 2.10 bits per heavy atom. The molecule has 4 N–H and O–H groups in total. The molecular weight excluding hydrogens is 431 g/mol. The van der Waals surface area contributed by atoms with Crippen LogP contribution < -0.4 is 5.32 Å². The van der Waals surface area contributed by atoms with Crippen LogP contribution >= 0.6 is 20.0 Å². The van der Waals surface area contributed by atoms with Gasteiger partial charge < -0.3 is 29.7 Å². The maximum absolute atomic E-state index is 9.47. The molecule has 1 aliphatic heterocycles. The molecule has 1 aliphatic carbocycles. The minimum absolute atomic E-state index is 0.148. The zero-order valence-corrected chi connectivity index (χ0v) is 18.5. The van der Waals surface area contributed by atoms with Crippen LogP contribution in [0.15, 0.2) is 12.3 Å². The SMILES string of the molecule is CC(CO)(OCC1CCC(n2ncc3c(NC4CCCC4)cc(Cl)nc32)O1)P(O)O. The third-order valence-electron chi connectivity index (χ3n) is 5.90. The highest BCUT2D eigenvalue weighted by Crippen LogP contribution is 2.43. The van der Waals surface area contributed by atoms with Crippen molar-refractivity contribution < 1.29 is 24.4 Å². The third-order valence-corrected chi connectivity index (χ3v) is 7.22. The van der Waals surface area contributed by atoms with Gasteiger partial charge in [0.1, 0.15) is 5.15 Å². The van der Waals surface area contributed by atoms with Crippen molar-refractivity contribution in [2.45, 2.75) is 69.2 Å². The van der Waals surface area contributed by atoms with E-state index < -0.39 is 20.3 Å². The second-order valence-corrected chi connectivity index (χ2v) is 10.1. The van der Waals surface area contributed by atoms with E-state index in [4.69, 9.17) is 21.1 Å². The van der Waals surface area contributed by atoms with E-state index in [-0.39, 0.29) is 18.9 Å². The van der Waals surface area contributed by atoms with Crippen LogP contribution in [0.4, 0.5) is 5.69 Å². The van der Waals surface area contributed by atoms with E-state index in [9.17, 15) is 14.9 Å². The standard InChI is InChI=1S/C19H28ClN4O5P/c1-19(11-25,30(26)27)28-10-13-6-7-17(29-13)24-18-14(9-21-24)15(8-16(20)23-18)22-12-4-2-3-5-12/h8-9,12-13,17,25-27H,2-7,10-11H2,1H3,(H,22,23). The molecule has 2 fully saturated rings. The molecule has 3 atom stereocenters. The van der Waals surface area contributed by atoms with E-state index >= 15 is 0 Å². The monoisotopic (exact) mass is 458 g/mol. The van der Waals surface area contributed by atoms with Crippen molar-refractivity contribution in [3.05, 3.63) is 17.4 Å². The van der Waals surface area contributed by atoms with Crippen molar-refractivity contribution in [1.82, 2.24) is 14.8 Å². The van der Waals surface area contributed by atoms with E-state index in [1.807, 2.05) is 6.07 Å². The van der Waals surface area contributed by atoms with Gasteiger partial charge in [0, 0.05) is 6.04 Å². The smallest absolute Gasteiger partial charge is 0.201 e. The zero-order chi connectivity index (χ0) is 21.3. The molecular formula is C19H28ClN4O5P. The number of nitrogens with zero attached hydrogens (tertiary/aromatic N) is 3. The first-order valence-corrected chi connectivity index (χ1v) is 11.9. The van der Waals surface area contributed by atoms with Gasteiger partial charge in [-0.15, -0.1) is 0 Å².